The zero-order chi connectivity index (χ0) is 21.0. The Bertz CT molecular complexity index is 623. The van der Waals surface area contributed by atoms with E-state index in [-0.39, 0.29) is 17.5 Å². The summed E-state index contributed by atoms with van der Waals surface area (Å²) in [7, 11) is 1.47. The van der Waals surface area contributed by atoms with Crippen LogP contribution in [0.25, 0.3) is 0 Å². The molecule has 4 heteroatoms. The van der Waals surface area contributed by atoms with E-state index in [0.29, 0.717) is 41.5 Å². The number of aliphatic hydroxyl groups is 1. The SMILES string of the molecule is COC(=O)CCC(C)C1CCC2C3CCC4C[C@@H](N)CCC4(C)C3C[C@H](O)C12C. The molecule has 0 amide bonds. The smallest absolute Gasteiger partial charge is 0.305 e. The molecule has 4 nitrogen and oxygen atoms in total. The summed E-state index contributed by atoms with van der Waals surface area (Å²) in [6.45, 7) is 7.21. The molecule has 166 valence electrons. The lowest BCUT2D eigenvalue weighted by Crippen LogP contribution is -2.59. The van der Waals surface area contributed by atoms with Gasteiger partial charge in [0.1, 0.15) is 0 Å². The Hall–Kier alpha value is -0.610. The van der Waals surface area contributed by atoms with E-state index in [1.54, 1.807) is 0 Å². The molecule has 4 aliphatic rings. The zero-order valence-electron chi connectivity index (χ0n) is 19.0. The van der Waals surface area contributed by atoms with Gasteiger partial charge in [-0.25, -0.2) is 0 Å². The summed E-state index contributed by atoms with van der Waals surface area (Å²) in [5.74, 6) is 3.66. The van der Waals surface area contributed by atoms with Gasteiger partial charge in [-0.15, -0.1) is 0 Å². The summed E-state index contributed by atoms with van der Waals surface area (Å²) in [6, 6.07) is 0.384. The van der Waals surface area contributed by atoms with Crippen LogP contribution in [-0.4, -0.2) is 30.3 Å². The summed E-state index contributed by atoms with van der Waals surface area (Å²) in [6.07, 6.45) is 10.8. The van der Waals surface area contributed by atoms with Crippen LogP contribution in [0, 0.1) is 46.3 Å². The van der Waals surface area contributed by atoms with Crippen LogP contribution in [0.2, 0.25) is 0 Å². The largest absolute Gasteiger partial charge is 0.469 e. The molecule has 3 N–H and O–H groups in total. The molecule has 4 aliphatic carbocycles. The molecule has 0 aromatic heterocycles. The normalized spacial score (nSPS) is 50.2. The highest BCUT2D eigenvalue weighted by Gasteiger charge is 2.63. The monoisotopic (exact) mass is 405 g/mol. The predicted octanol–water partition coefficient (Wildman–Crippen LogP) is 4.53. The molecule has 0 spiro atoms. The highest BCUT2D eigenvalue weighted by Crippen LogP contribution is 2.68. The third kappa shape index (κ3) is 3.37. The third-order valence-electron chi connectivity index (χ3n) is 10.6. The van der Waals surface area contributed by atoms with Gasteiger partial charge in [-0.3, -0.25) is 4.79 Å². The van der Waals surface area contributed by atoms with Crippen LogP contribution in [0.3, 0.4) is 0 Å². The van der Waals surface area contributed by atoms with Crippen molar-refractivity contribution < 1.29 is 14.6 Å². The molecule has 0 aromatic carbocycles. The zero-order valence-corrected chi connectivity index (χ0v) is 19.0. The number of esters is 1. The van der Waals surface area contributed by atoms with Gasteiger partial charge in [0, 0.05) is 12.5 Å². The van der Waals surface area contributed by atoms with Gasteiger partial charge in [0.2, 0.25) is 0 Å². The van der Waals surface area contributed by atoms with Crippen molar-refractivity contribution in [2.24, 2.45) is 52.1 Å². The van der Waals surface area contributed by atoms with Crippen molar-refractivity contribution in [2.75, 3.05) is 7.11 Å². The minimum Gasteiger partial charge on any atom is -0.469 e. The Labute approximate surface area is 177 Å². The number of hydrogen-bond donors (Lipinski definition) is 2. The topological polar surface area (TPSA) is 72.5 Å². The number of fused-ring (bicyclic) bond motifs is 5. The maximum Gasteiger partial charge on any atom is 0.305 e. The fourth-order valence-electron chi connectivity index (χ4n) is 8.86. The molecule has 8 unspecified atom stereocenters. The lowest BCUT2D eigenvalue weighted by molar-refractivity contribution is -0.169. The number of ether oxygens (including phenoxy) is 1. The first kappa shape index (κ1) is 21.6. The number of carbonyl (C=O) groups is 1. The molecule has 29 heavy (non-hydrogen) atoms. The molecular weight excluding hydrogens is 362 g/mol. The second kappa shape index (κ2) is 7.82. The summed E-state index contributed by atoms with van der Waals surface area (Å²) >= 11 is 0. The number of hydrogen-bond acceptors (Lipinski definition) is 4. The van der Waals surface area contributed by atoms with Gasteiger partial charge in [-0.1, -0.05) is 20.8 Å². The van der Waals surface area contributed by atoms with Crippen molar-refractivity contribution in [1.82, 2.24) is 0 Å². The Kier molecular flexibility index (Phi) is 5.83. The Balaban J connectivity index is 1.53. The van der Waals surface area contributed by atoms with Crippen molar-refractivity contribution in [3.63, 3.8) is 0 Å². The molecule has 0 aliphatic heterocycles. The van der Waals surface area contributed by atoms with Crippen LogP contribution >= 0.6 is 0 Å². The van der Waals surface area contributed by atoms with Gasteiger partial charge in [-0.05, 0) is 104 Å². The first-order valence-electron chi connectivity index (χ1n) is 12.2. The molecule has 4 rings (SSSR count). The second-order valence-electron chi connectivity index (χ2n) is 11.6. The molecule has 0 aromatic rings. The average Bonchev–Trinajstić information content (AvgIpc) is 3.06. The standard InChI is InChI=1S/C25H43NO3/c1-15(5-10-23(28)29-4)19-8-9-20-18-7-6-16-13-17(26)11-12-24(16,2)21(18)14-22(27)25(19,20)3/h15-22,27H,5-14,26H2,1-4H3/t15?,16?,17-,18?,19?,20?,21?,22-,24?,25?/m0/s1. The van der Waals surface area contributed by atoms with Crippen LogP contribution in [0.4, 0.5) is 0 Å². The van der Waals surface area contributed by atoms with Gasteiger partial charge in [0.25, 0.3) is 0 Å². The highest BCUT2D eigenvalue weighted by molar-refractivity contribution is 5.69. The van der Waals surface area contributed by atoms with Gasteiger partial charge in [-0.2, -0.15) is 0 Å². The summed E-state index contributed by atoms with van der Waals surface area (Å²) in [5, 5.41) is 11.6. The van der Waals surface area contributed by atoms with Crippen molar-refractivity contribution in [1.29, 1.82) is 0 Å². The van der Waals surface area contributed by atoms with E-state index >= 15 is 0 Å². The maximum absolute atomic E-state index is 11.7. The summed E-state index contributed by atoms with van der Waals surface area (Å²) in [4.78, 5) is 11.7. The quantitative estimate of drug-likeness (QED) is 0.674. The van der Waals surface area contributed by atoms with Gasteiger partial charge >= 0.3 is 5.97 Å². The Morgan fingerprint density at radius 2 is 1.90 bits per heavy atom. The Morgan fingerprint density at radius 1 is 1.14 bits per heavy atom. The van der Waals surface area contributed by atoms with E-state index in [9.17, 15) is 9.90 Å². The van der Waals surface area contributed by atoms with E-state index in [4.69, 9.17) is 10.5 Å². The molecule has 4 saturated carbocycles. The van der Waals surface area contributed by atoms with Crippen LogP contribution in [0.15, 0.2) is 0 Å². The van der Waals surface area contributed by atoms with Gasteiger partial charge < -0.3 is 15.6 Å². The average molecular weight is 406 g/mol. The minimum atomic E-state index is -0.215. The van der Waals surface area contributed by atoms with E-state index in [2.05, 4.69) is 20.8 Å². The molecule has 4 fully saturated rings. The van der Waals surface area contributed by atoms with E-state index in [1.165, 1.54) is 45.6 Å². The molecule has 0 saturated heterocycles. The number of nitrogens with two attached hydrogens (primary N) is 1. The van der Waals surface area contributed by atoms with Crippen LogP contribution in [-0.2, 0) is 9.53 Å². The van der Waals surface area contributed by atoms with E-state index < -0.39 is 0 Å². The molecule has 10 atom stereocenters. The highest BCUT2D eigenvalue weighted by atomic mass is 16.5. The molecule has 0 heterocycles. The van der Waals surface area contributed by atoms with Crippen LogP contribution in [0.1, 0.15) is 85.0 Å². The fraction of sp³-hybridized carbons (Fsp3) is 0.960. The van der Waals surface area contributed by atoms with Gasteiger partial charge in [0.15, 0.2) is 0 Å². The second-order valence-corrected chi connectivity index (χ2v) is 11.6. The maximum atomic E-state index is 11.7. The lowest BCUT2D eigenvalue weighted by atomic mass is 9.43. The van der Waals surface area contributed by atoms with Crippen molar-refractivity contribution in [3.8, 4) is 0 Å². The first-order valence-corrected chi connectivity index (χ1v) is 12.2. The summed E-state index contributed by atoms with van der Waals surface area (Å²) in [5.41, 5.74) is 6.71. The minimum absolute atomic E-state index is 0.00493. The Morgan fingerprint density at radius 3 is 2.62 bits per heavy atom. The first-order chi connectivity index (χ1) is 13.7. The fourth-order valence-corrected chi connectivity index (χ4v) is 8.86. The molecule has 0 bridgehead atoms. The van der Waals surface area contributed by atoms with Crippen molar-refractivity contribution in [2.45, 2.75) is 97.1 Å². The van der Waals surface area contributed by atoms with Gasteiger partial charge in [0.05, 0.1) is 13.2 Å². The van der Waals surface area contributed by atoms with Crippen molar-refractivity contribution >= 4 is 5.97 Å². The van der Waals surface area contributed by atoms with Crippen LogP contribution in [0.5, 0.6) is 0 Å². The van der Waals surface area contributed by atoms with E-state index in [1.807, 2.05) is 0 Å². The number of rotatable bonds is 4. The number of carbonyl (C=O) groups excluding carboxylic acids is 1. The van der Waals surface area contributed by atoms with Crippen molar-refractivity contribution in [3.05, 3.63) is 0 Å². The number of aliphatic hydroxyl groups excluding tert-OH is 1. The third-order valence-corrected chi connectivity index (χ3v) is 10.6. The molecule has 0 radical (unpaired) electrons. The van der Waals surface area contributed by atoms with Crippen LogP contribution < -0.4 is 5.73 Å². The lowest BCUT2D eigenvalue weighted by Gasteiger charge is -2.62. The summed E-state index contributed by atoms with van der Waals surface area (Å²) < 4.78 is 4.86. The van der Waals surface area contributed by atoms with E-state index in [0.717, 1.165) is 31.1 Å². The predicted molar refractivity (Wildman–Crippen MR) is 115 cm³/mol. The molecular formula is C25H43NO3. The number of methoxy groups -OCH3 is 1.